The van der Waals surface area contributed by atoms with E-state index >= 15 is 0 Å². The van der Waals surface area contributed by atoms with E-state index in [1.807, 2.05) is 0 Å². The van der Waals surface area contributed by atoms with Crippen molar-refractivity contribution >= 4 is 0 Å². The Bertz CT molecular complexity index is 401. The zero-order valence-corrected chi connectivity index (χ0v) is 11.7. The molecule has 0 aromatic carbocycles. The Morgan fingerprint density at radius 3 is 2.33 bits per heavy atom. The van der Waals surface area contributed by atoms with Gasteiger partial charge in [-0.2, -0.15) is 0 Å². The number of hydrogen-bond donors (Lipinski definition) is 0. The number of aromatic nitrogens is 1. The molecule has 0 bridgehead atoms. The van der Waals surface area contributed by atoms with E-state index in [1.54, 1.807) is 18.3 Å². The minimum Gasteiger partial charge on any atom is -0.290 e. The molecule has 0 N–H and O–H groups in total. The quantitative estimate of drug-likeness (QED) is 0.652. The van der Waals surface area contributed by atoms with Crippen molar-refractivity contribution in [3.05, 3.63) is 39.8 Å². The molecule has 0 saturated heterocycles. The molecule has 0 unspecified atom stereocenters. The van der Waals surface area contributed by atoms with Crippen LogP contribution >= 0.6 is 0 Å². The summed E-state index contributed by atoms with van der Waals surface area (Å²) in [4.78, 5) is 16.0. The monoisotopic (exact) mass is 247 g/mol. The molecule has 100 valence electrons. The summed E-state index contributed by atoms with van der Waals surface area (Å²) in [6.07, 6.45) is 10.9. The summed E-state index contributed by atoms with van der Waals surface area (Å²) in [5, 5.41) is 0. The van der Waals surface area contributed by atoms with Gasteiger partial charge in [-0.1, -0.05) is 39.5 Å². The second-order valence-electron chi connectivity index (χ2n) is 4.88. The summed E-state index contributed by atoms with van der Waals surface area (Å²) in [6.45, 7) is 4.40. The molecule has 1 heterocycles. The molecule has 0 aliphatic heterocycles. The standard InChI is InChI=1S/C16H25NO/c1-3-5-7-9-14-13-15(18)11-12-17-16(14)10-8-6-4-2/h11-13H,3-10H2,1-2H3. The van der Waals surface area contributed by atoms with E-state index in [9.17, 15) is 4.79 Å². The molecule has 2 nitrogen and oxygen atoms in total. The normalized spacial score (nSPS) is 10.6. The average Bonchev–Trinajstić information content (AvgIpc) is 2.52. The maximum absolute atomic E-state index is 11.6. The Balaban J connectivity index is 2.78. The number of aryl methyl sites for hydroxylation is 2. The highest BCUT2D eigenvalue weighted by atomic mass is 16.1. The molecule has 0 fully saturated rings. The van der Waals surface area contributed by atoms with Gasteiger partial charge in [0.15, 0.2) is 5.43 Å². The van der Waals surface area contributed by atoms with Crippen molar-refractivity contribution in [3.8, 4) is 0 Å². The zero-order chi connectivity index (χ0) is 13.2. The lowest BCUT2D eigenvalue weighted by Gasteiger charge is -2.05. The Hall–Kier alpha value is -1.18. The van der Waals surface area contributed by atoms with Crippen molar-refractivity contribution in [2.45, 2.75) is 65.2 Å². The van der Waals surface area contributed by atoms with Crippen LogP contribution in [-0.2, 0) is 12.8 Å². The molecule has 0 radical (unpaired) electrons. The van der Waals surface area contributed by atoms with Crippen LogP contribution in [0.25, 0.3) is 0 Å². The van der Waals surface area contributed by atoms with Crippen LogP contribution in [0.15, 0.2) is 23.1 Å². The van der Waals surface area contributed by atoms with E-state index in [4.69, 9.17) is 0 Å². The third kappa shape index (κ3) is 5.44. The van der Waals surface area contributed by atoms with Crippen LogP contribution in [-0.4, -0.2) is 4.98 Å². The minimum absolute atomic E-state index is 0.0794. The first kappa shape index (κ1) is 14.9. The smallest absolute Gasteiger partial charge is 0.180 e. The topological polar surface area (TPSA) is 30.0 Å². The first-order valence-corrected chi connectivity index (χ1v) is 7.26. The third-order valence-electron chi connectivity index (χ3n) is 3.22. The van der Waals surface area contributed by atoms with Gasteiger partial charge >= 0.3 is 0 Å². The number of unbranched alkanes of at least 4 members (excludes halogenated alkanes) is 4. The lowest BCUT2D eigenvalue weighted by molar-refractivity contribution is 0.685. The van der Waals surface area contributed by atoms with Crippen molar-refractivity contribution in [1.82, 2.24) is 4.98 Å². The van der Waals surface area contributed by atoms with Gasteiger partial charge in [0.25, 0.3) is 0 Å². The molecule has 2 heteroatoms. The highest BCUT2D eigenvalue weighted by molar-refractivity contribution is 5.19. The van der Waals surface area contributed by atoms with Crippen LogP contribution in [0, 0.1) is 0 Å². The van der Waals surface area contributed by atoms with Crippen molar-refractivity contribution in [2.75, 3.05) is 0 Å². The van der Waals surface area contributed by atoms with Gasteiger partial charge in [0.1, 0.15) is 0 Å². The molecule has 18 heavy (non-hydrogen) atoms. The average molecular weight is 247 g/mol. The van der Waals surface area contributed by atoms with Gasteiger partial charge in [0.2, 0.25) is 0 Å². The lowest BCUT2D eigenvalue weighted by Crippen LogP contribution is -1.99. The Morgan fingerprint density at radius 1 is 1.00 bits per heavy atom. The Morgan fingerprint density at radius 2 is 1.67 bits per heavy atom. The molecule has 1 aromatic heterocycles. The largest absolute Gasteiger partial charge is 0.290 e. The van der Waals surface area contributed by atoms with Crippen LogP contribution in [0.2, 0.25) is 0 Å². The van der Waals surface area contributed by atoms with Gasteiger partial charge < -0.3 is 0 Å². The summed E-state index contributed by atoms with van der Waals surface area (Å²) in [5.74, 6) is 0. The summed E-state index contributed by atoms with van der Waals surface area (Å²) in [5.41, 5.74) is 2.37. The molecular formula is C16H25NO. The van der Waals surface area contributed by atoms with Crippen LogP contribution < -0.4 is 5.43 Å². The van der Waals surface area contributed by atoms with E-state index in [0.29, 0.717) is 0 Å². The predicted molar refractivity (Wildman–Crippen MR) is 77.0 cm³/mol. The van der Waals surface area contributed by atoms with Crippen molar-refractivity contribution in [3.63, 3.8) is 0 Å². The molecule has 1 rings (SSSR count). The summed E-state index contributed by atoms with van der Waals surface area (Å²) in [6, 6.07) is 3.34. The van der Waals surface area contributed by atoms with Gasteiger partial charge in [-0.3, -0.25) is 9.78 Å². The maximum atomic E-state index is 11.6. The van der Waals surface area contributed by atoms with E-state index in [-0.39, 0.29) is 5.43 Å². The second kappa shape index (κ2) is 8.84. The first-order chi connectivity index (χ1) is 8.77. The number of rotatable bonds is 8. The molecule has 0 aliphatic rings. The number of nitrogens with zero attached hydrogens (tertiary/aromatic N) is 1. The van der Waals surface area contributed by atoms with Crippen LogP contribution in [0.5, 0.6) is 0 Å². The van der Waals surface area contributed by atoms with Crippen molar-refractivity contribution in [1.29, 1.82) is 0 Å². The molecular weight excluding hydrogens is 222 g/mol. The van der Waals surface area contributed by atoms with Gasteiger partial charge in [0.05, 0.1) is 0 Å². The van der Waals surface area contributed by atoms with Crippen LogP contribution in [0.1, 0.15) is 63.6 Å². The fourth-order valence-electron chi connectivity index (χ4n) is 2.14. The van der Waals surface area contributed by atoms with Crippen molar-refractivity contribution < 1.29 is 0 Å². The summed E-state index contributed by atoms with van der Waals surface area (Å²) < 4.78 is 0. The SMILES string of the molecule is CCCCCc1cc(=O)ccnc1CCCCC. The number of hydrogen-bond acceptors (Lipinski definition) is 2. The van der Waals surface area contributed by atoms with E-state index in [1.165, 1.54) is 32.1 Å². The van der Waals surface area contributed by atoms with Crippen LogP contribution in [0.4, 0.5) is 0 Å². The third-order valence-corrected chi connectivity index (χ3v) is 3.22. The maximum Gasteiger partial charge on any atom is 0.180 e. The first-order valence-electron chi connectivity index (χ1n) is 7.26. The summed E-state index contributed by atoms with van der Waals surface area (Å²) >= 11 is 0. The molecule has 0 amide bonds. The van der Waals surface area contributed by atoms with E-state index in [2.05, 4.69) is 18.8 Å². The predicted octanol–water partition coefficient (Wildman–Crippen LogP) is 3.91. The highest BCUT2D eigenvalue weighted by Gasteiger charge is 2.03. The van der Waals surface area contributed by atoms with Crippen LogP contribution in [0.3, 0.4) is 0 Å². The Labute approximate surface area is 110 Å². The summed E-state index contributed by atoms with van der Waals surface area (Å²) in [7, 11) is 0. The van der Waals surface area contributed by atoms with Gasteiger partial charge in [-0.25, -0.2) is 0 Å². The van der Waals surface area contributed by atoms with E-state index in [0.717, 1.165) is 30.5 Å². The fraction of sp³-hybridized carbons (Fsp3) is 0.625. The van der Waals surface area contributed by atoms with Gasteiger partial charge in [0, 0.05) is 18.0 Å². The van der Waals surface area contributed by atoms with Gasteiger partial charge in [-0.15, -0.1) is 0 Å². The van der Waals surface area contributed by atoms with Gasteiger partial charge in [-0.05, 0) is 37.3 Å². The fourth-order valence-corrected chi connectivity index (χ4v) is 2.14. The van der Waals surface area contributed by atoms with Crippen molar-refractivity contribution in [2.24, 2.45) is 0 Å². The zero-order valence-electron chi connectivity index (χ0n) is 11.7. The lowest BCUT2D eigenvalue weighted by atomic mass is 10.0. The molecule has 0 atom stereocenters. The molecule has 0 aliphatic carbocycles. The molecule has 0 spiro atoms. The highest BCUT2D eigenvalue weighted by Crippen LogP contribution is 2.11. The second-order valence-corrected chi connectivity index (χ2v) is 4.88. The minimum atomic E-state index is 0.0794. The molecule has 0 saturated carbocycles. The van der Waals surface area contributed by atoms with E-state index < -0.39 is 0 Å². The Kier molecular flexibility index (Phi) is 7.31. The molecule has 1 aromatic rings.